The Morgan fingerprint density at radius 3 is 2.71 bits per heavy atom. The summed E-state index contributed by atoms with van der Waals surface area (Å²) in [5.74, 6) is 0.498. The lowest BCUT2D eigenvalue weighted by Crippen LogP contribution is -2.19. The summed E-state index contributed by atoms with van der Waals surface area (Å²) in [6.45, 7) is 1.43. The van der Waals surface area contributed by atoms with Crippen molar-refractivity contribution in [1.29, 1.82) is 0 Å². The van der Waals surface area contributed by atoms with Crippen molar-refractivity contribution >= 4 is 11.8 Å². The maximum absolute atomic E-state index is 12.4. The highest BCUT2D eigenvalue weighted by atomic mass is 32.2. The molecule has 0 saturated carbocycles. The second-order valence-electron chi connectivity index (χ2n) is 4.21. The third kappa shape index (κ3) is 4.35. The summed E-state index contributed by atoms with van der Waals surface area (Å²) in [6, 6.07) is 1.35. The Morgan fingerprint density at radius 2 is 2.05 bits per heavy atom. The van der Waals surface area contributed by atoms with Gasteiger partial charge in [-0.2, -0.15) is 18.2 Å². The van der Waals surface area contributed by atoms with E-state index in [9.17, 15) is 18.0 Å². The van der Waals surface area contributed by atoms with Gasteiger partial charge in [0.2, 0.25) is 0 Å². The average molecular weight is 318 g/mol. The number of thioether (sulfide) groups is 1. The SMILES string of the molecule is CCn1ccc(=O)nc1SCc1nccn1CC(F)(F)F. The van der Waals surface area contributed by atoms with E-state index in [2.05, 4.69) is 9.97 Å². The van der Waals surface area contributed by atoms with E-state index in [1.807, 2.05) is 6.92 Å². The molecule has 5 nitrogen and oxygen atoms in total. The van der Waals surface area contributed by atoms with E-state index in [1.54, 1.807) is 10.8 Å². The first kappa shape index (κ1) is 15.6. The van der Waals surface area contributed by atoms with Crippen LogP contribution < -0.4 is 5.56 Å². The first-order chi connectivity index (χ1) is 9.89. The van der Waals surface area contributed by atoms with Crippen molar-refractivity contribution in [2.75, 3.05) is 0 Å². The van der Waals surface area contributed by atoms with E-state index in [0.29, 0.717) is 11.7 Å². The van der Waals surface area contributed by atoms with Gasteiger partial charge in [0.05, 0.1) is 5.75 Å². The summed E-state index contributed by atoms with van der Waals surface area (Å²) in [4.78, 5) is 19.0. The molecule has 0 radical (unpaired) electrons. The molecule has 114 valence electrons. The molecule has 0 saturated heterocycles. The number of aromatic nitrogens is 4. The molecular weight excluding hydrogens is 305 g/mol. The van der Waals surface area contributed by atoms with Gasteiger partial charge in [-0.15, -0.1) is 0 Å². The van der Waals surface area contributed by atoms with E-state index in [4.69, 9.17) is 0 Å². The molecule has 0 spiro atoms. The van der Waals surface area contributed by atoms with Crippen molar-refractivity contribution in [1.82, 2.24) is 19.1 Å². The molecule has 0 aliphatic heterocycles. The second-order valence-corrected chi connectivity index (χ2v) is 5.15. The van der Waals surface area contributed by atoms with Crippen molar-refractivity contribution in [3.63, 3.8) is 0 Å². The average Bonchev–Trinajstić information content (AvgIpc) is 2.81. The molecule has 2 aromatic rings. The highest BCUT2D eigenvalue weighted by molar-refractivity contribution is 7.98. The van der Waals surface area contributed by atoms with Crippen LogP contribution in [0.1, 0.15) is 12.7 Å². The zero-order valence-corrected chi connectivity index (χ0v) is 12.0. The Morgan fingerprint density at radius 1 is 1.29 bits per heavy atom. The Hall–Kier alpha value is -1.77. The Bertz CT molecular complexity index is 665. The molecule has 0 N–H and O–H groups in total. The molecule has 0 bridgehead atoms. The van der Waals surface area contributed by atoms with Crippen LogP contribution in [0.2, 0.25) is 0 Å². The van der Waals surface area contributed by atoms with Gasteiger partial charge >= 0.3 is 6.18 Å². The molecule has 9 heteroatoms. The van der Waals surface area contributed by atoms with Crippen LogP contribution >= 0.6 is 11.8 Å². The predicted molar refractivity (Wildman–Crippen MR) is 72.0 cm³/mol. The molecule has 2 aromatic heterocycles. The smallest absolute Gasteiger partial charge is 0.328 e. The normalized spacial score (nSPS) is 11.8. The van der Waals surface area contributed by atoms with Crippen LogP contribution in [0.25, 0.3) is 0 Å². The quantitative estimate of drug-likeness (QED) is 0.627. The molecule has 2 heterocycles. The van der Waals surface area contributed by atoms with E-state index in [0.717, 1.165) is 4.57 Å². The van der Waals surface area contributed by atoms with Crippen molar-refractivity contribution in [3.05, 3.63) is 40.8 Å². The molecular formula is C12H13F3N4OS. The Kier molecular flexibility index (Phi) is 4.71. The molecule has 0 amide bonds. The first-order valence-electron chi connectivity index (χ1n) is 6.16. The van der Waals surface area contributed by atoms with Gasteiger partial charge in [-0.3, -0.25) is 4.79 Å². The van der Waals surface area contributed by atoms with Gasteiger partial charge in [-0.25, -0.2) is 4.98 Å². The van der Waals surface area contributed by atoms with Crippen molar-refractivity contribution in [2.45, 2.75) is 37.1 Å². The number of aryl methyl sites for hydroxylation is 1. The van der Waals surface area contributed by atoms with Crippen LogP contribution in [0, 0.1) is 0 Å². The van der Waals surface area contributed by atoms with Gasteiger partial charge in [0.1, 0.15) is 12.4 Å². The Balaban J connectivity index is 2.12. The fourth-order valence-corrected chi connectivity index (χ4v) is 2.72. The number of hydrogen-bond donors (Lipinski definition) is 0. The zero-order valence-electron chi connectivity index (χ0n) is 11.2. The maximum atomic E-state index is 12.4. The van der Waals surface area contributed by atoms with Crippen molar-refractivity contribution in [3.8, 4) is 0 Å². The minimum atomic E-state index is -4.30. The summed E-state index contributed by atoms with van der Waals surface area (Å²) >= 11 is 1.18. The van der Waals surface area contributed by atoms with E-state index in [-0.39, 0.29) is 17.1 Å². The lowest BCUT2D eigenvalue weighted by molar-refractivity contribution is -0.140. The number of nitrogens with zero attached hydrogens (tertiary/aromatic N) is 4. The third-order valence-electron chi connectivity index (χ3n) is 2.67. The molecule has 2 rings (SSSR count). The summed E-state index contributed by atoms with van der Waals surface area (Å²) in [5.41, 5.74) is -0.374. The van der Waals surface area contributed by atoms with Crippen LogP contribution in [0.15, 0.2) is 34.6 Å². The lowest BCUT2D eigenvalue weighted by Gasteiger charge is -2.11. The molecule has 21 heavy (non-hydrogen) atoms. The van der Waals surface area contributed by atoms with Crippen molar-refractivity contribution < 1.29 is 13.2 Å². The fourth-order valence-electron chi connectivity index (χ4n) is 1.72. The summed E-state index contributed by atoms with van der Waals surface area (Å²) in [5, 5.41) is 0.464. The largest absolute Gasteiger partial charge is 0.406 e. The summed E-state index contributed by atoms with van der Waals surface area (Å²) in [7, 11) is 0. The topological polar surface area (TPSA) is 52.7 Å². The van der Waals surface area contributed by atoms with Gasteiger partial charge in [-0.1, -0.05) is 11.8 Å². The van der Waals surface area contributed by atoms with Gasteiger partial charge in [0.15, 0.2) is 5.16 Å². The van der Waals surface area contributed by atoms with Gasteiger partial charge in [0, 0.05) is 31.2 Å². The highest BCUT2D eigenvalue weighted by Gasteiger charge is 2.28. The summed E-state index contributed by atoms with van der Waals surface area (Å²) < 4.78 is 40.1. The van der Waals surface area contributed by atoms with Crippen LogP contribution in [-0.4, -0.2) is 25.3 Å². The van der Waals surface area contributed by atoms with Gasteiger partial charge in [0.25, 0.3) is 5.56 Å². The summed E-state index contributed by atoms with van der Waals surface area (Å²) in [6.07, 6.45) is -0.0713. The first-order valence-corrected chi connectivity index (χ1v) is 7.14. The molecule has 0 atom stereocenters. The molecule has 0 aliphatic carbocycles. The number of hydrogen-bond acceptors (Lipinski definition) is 4. The van der Waals surface area contributed by atoms with Crippen molar-refractivity contribution in [2.24, 2.45) is 0 Å². The third-order valence-corrected chi connectivity index (χ3v) is 3.66. The lowest BCUT2D eigenvalue weighted by atomic mass is 10.5. The molecule has 0 unspecified atom stereocenters. The minimum Gasteiger partial charge on any atom is -0.328 e. The second kappa shape index (κ2) is 6.33. The monoisotopic (exact) mass is 318 g/mol. The predicted octanol–water partition coefficient (Wildman–Crippen LogP) is 2.31. The van der Waals surface area contributed by atoms with Gasteiger partial charge < -0.3 is 9.13 Å². The molecule has 0 fully saturated rings. The van der Waals surface area contributed by atoms with Crippen LogP contribution in [0.4, 0.5) is 13.2 Å². The van der Waals surface area contributed by atoms with Crippen LogP contribution in [0.3, 0.4) is 0 Å². The Labute approximate surface area is 122 Å². The van der Waals surface area contributed by atoms with Crippen LogP contribution in [0.5, 0.6) is 0 Å². The van der Waals surface area contributed by atoms with E-state index < -0.39 is 12.7 Å². The highest BCUT2D eigenvalue weighted by Crippen LogP contribution is 2.22. The zero-order chi connectivity index (χ0) is 15.5. The number of alkyl halides is 3. The maximum Gasteiger partial charge on any atom is 0.406 e. The molecule has 0 aliphatic rings. The van der Waals surface area contributed by atoms with Gasteiger partial charge in [-0.05, 0) is 6.92 Å². The minimum absolute atomic E-state index is 0.208. The van der Waals surface area contributed by atoms with Crippen LogP contribution in [-0.2, 0) is 18.8 Å². The standard InChI is InChI=1S/C12H13F3N4OS/c1-2-18-5-3-10(20)17-11(18)21-7-9-16-4-6-19(9)8-12(13,14)15/h3-6H,2,7-8H2,1H3. The number of halogens is 3. The number of imidazole rings is 1. The fraction of sp³-hybridized carbons (Fsp3) is 0.417. The van der Waals surface area contributed by atoms with E-state index in [1.165, 1.54) is 30.2 Å². The van der Waals surface area contributed by atoms with E-state index >= 15 is 0 Å². The molecule has 0 aromatic carbocycles. The number of rotatable bonds is 5.